The lowest BCUT2D eigenvalue weighted by atomic mass is 10.4. The number of H-pyrrole nitrogens is 1. The Balaban J connectivity index is 2.04. The second kappa shape index (κ2) is 5.26. The van der Waals surface area contributed by atoms with Crippen LogP contribution in [0, 0.1) is 6.92 Å². The van der Waals surface area contributed by atoms with Crippen LogP contribution in [0.5, 0.6) is 0 Å². The molecule has 0 aromatic carbocycles. The average Bonchev–Trinajstić information content (AvgIpc) is 2.97. The molecule has 0 aliphatic heterocycles. The monoisotopic (exact) mass is 265 g/mol. The molecule has 2 aromatic heterocycles. The van der Waals surface area contributed by atoms with Crippen LogP contribution in [0.25, 0.3) is 0 Å². The summed E-state index contributed by atoms with van der Waals surface area (Å²) in [6.07, 6.45) is 2.53. The zero-order valence-corrected chi connectivity index (χ0v) is 11.4. The minimum absolute atomic E-state index is 0.183. The quantitative estimate of drug-likeness (QED) is 0.906. The van der Waals surface area contributed by atoms with Crippen molar-refractivity contribution in [2.24, 2.45) is 0 Å². The van der Waals surface area contributed by atoms with Crippen molar-refractivity contribution >= 4 is 17.2 Å². The predicted octanol–water partition coefficient (Wildman–Crippen LogP) is 1.40. The van der Waals surface area contributed by atoms with E-state index in [0.29, 0.717) is 6.54 Å². The molecule has 2 rings (SSSR count). The Morgan fingerprint density at radius 2 is 2.33 bits per heavy atom. The standard InChI is InChI=1S/C11H15N5OS/c1-4-9-13-10(15-14-9)11(17)16(3)6-8-5-12-7(2)18-8/h5H,4,6H2,1-3H3,(H,13,14,15). The predicted molar refractivity (Wildman–Crippen MR) is 68.4 cm³/mol. The Morgan fingerprint density at radius 1 is 1.56 bits per heavy atom. The highest BCUT2D eigenvalue weighted by Crippen LogP contribution is 2.14. The molecule has 0 saturated heterocycles. The maximum absolute atomic E-state index is 12.1. The first-order valence-electron chi connectivity index (χ1n) is 5.68. The molecule has 2 heterocycles. The number of aryl methyl sites for hydroxylation is 2. The highest BCUT2D eigenvalue weighted by atomic mass is 32.1. The Labute approximate surface area is 109 Å². The van der Waals surface area contributed by atoms with Crippen molar-refractivity contribution in [2.75, 3.05) is 7.05 Å². The molecule has 0 bridgehead atoms. The van der Waals surface area contributed by atoms with Crippen LogP contribution in [0.1, 0.15) is 33.3 Å². The van der Waals surface area contributed by atoms with Crippen molar-refractivity contribution in [1.82, 2.24) is 25.1 Å². The van der Waals surface area contributed by atoms with Gasteiger partial charge in [0.05, 0.1) is 11.6 Å². The average molecular weight is 265 g/mol. The lowest BCUT2D eigenvalue weighted by Crippen LogP contribution is -2.26. The molecule has 7 heteroatoms. The molecule has 0 fully saturated rings. The van der Waals surface area contributed by atoms with Gasteiger partial charge in [-0.3, -0.25) is 9.89 Å². The summed E-state index contributed by atoms with van der Waals surface area (Å²) in [5.41, 5.74) is 0. The highest BCUT2D eigenvalue weighted by molar-refractivity contribution is 7.11. The number of aromatic amines is 1. The van der Waals surface area contributed by atoms with E-state index in [4.69, 9.17) is 0 Å². The van der Waals surface area contributed by atoms with Crippen LogP contribution in [0.15, 0.2) is 6.20 Å². The minimum Gasteiger partial charge on any atom is -0.334 e. The van der Waals surface area contributed by atoms with E-state index in [1.165, 1.54) is 0 Å². The van der Waals surface area contributed by atoms with Gasteiger partial charge in [-0.05, 0) is 6.92 Å². The number of nitrogens with one attached hydrogen (secondary N) is 1. The maximum Gasteiger partial charge on any atom is 0.293 e. The van der Waals surface area contributed by atoms with Gasteiger partial charge in [-0.1, -0.05) is 6.92 Å². The fourth-order valence-electron chi connectivity index (χ4n) is 1.50. The molecular formula is C11H15N5OS. The van der Waals surface area contributed by atoms with Crippen molar-refractivity contribution in [2.45, 2.75) is 26.8 Å². The van der Waals surface area contributed by atoms with Crippen molar-refractivity contribution in [3.05, 3.63) is 27.7 Å². The molecule has 0 unspecified atom stereocenters. The van der Waals surface area contributed by atoms with Gasteiger partial charge in [-0.25, -0.2) is 9.97 Å². The van der Waals surface area contributed by atoms with Gasteiger partial charge in [0.25, 0.3) is 5.91 Å². The van der Waals surface area contributed by atoms with Gasteiger partial charge in [0.2, 0.25) is 5.82 Å². The van der Waals surface area contributed by atoms with Crippen LogP contribution in [0.4, 0.5) is 0 Å². The number of amides is 1. The Bertz CT molecular complexity index is 547. The largest absolute Gasteiger partial charge is 0.334 e. The van der Waals surface area contributed by atoms with Crippen LogP contribution in [0.2, 0.25) is 0 Å². The summed E-state index contributed by atoms with van der Waals surface area (Å²) in [7, 11) is 1.74. The normalized spacial score (nSPS) is 10.6. The molecule has 1 N–H and O–H groups in total. The molecular weight excluding hydrogens is 250 g/mol. The van der Waals surface area contributed by atoms with E-state index in [1.807, 2.05) is 13.8 Å². The van der Waals surface area contributed by atoms with Crippen LogP contribution >= 0.6 is 11.3 Å². The third-order valence-electron chi connectivity index (χ3n) is 2.47. The molecule has 18 heavy (non-hydrogen) atoms. The van der Waals surface area contributed by atoms with Gasteiger partial charge < -0.3 is 4.90 Å². The summed E-state index contributed by atoms with van der Waals surface area (Å²) in [6, 6.07) is 0. The zero-order valence-electron chi connectivity index (χ0n) is 10.6. The van der Waals surface area contributed by atoms with E-state index in [1.54, 1.807) is 29.5 Å². The van der Waals surface area contributed by atoms with Crippen molar-refractivity contribution in [3.8, 4) is 0 Å². The summed E-state index contributed by atoms with van der Waals surface area (Å²) in [5.74, 6) is 0.757. The second-order valence-electron chi connectivity index (χ2n) is 3.97. The molecule has 6 nitrogen and oxygen atoms in total. The maximum atomic E-state index is 12.1. The minimum atomic E-state index is -0.183. The number of rotatable bonds is 4. The SMILES string of the molecule is CCc1nc(C(=O)N(C)Cc2cnc(C)s2)n[nH]1. The molecule has 0 saturated carbocycles. The van der Waals surface area contributed by atoms with E-state index < -0.39 is 0 Å². The molecule has 0 aliphatic rings. The molecule has 0 radical (unpaired) electrons. The summed E-state index contributed by atoms with van der Waals surface area (Å²) in [4.78, 5) is 23.0. The number of aromatic nitrogens is 4. The van der Waals surface area contributed by atoms with Crippen molar-refractivity contribution < 1.29 is 4.79 Å². The number of carbonyl (C=O) groups is 1. The topological polar surface area (TPSA) is 74.8 Å². The highest BCUT2D eigenvalue weighted by Gasteiger charge is 2.17. The van der Waals surface area contributed by atoms with Crippen molar-refractivity contribution in [3.63, 3.8) is 0 Å². The number of carbonyl (C=O) groups excluding carboxylic acids is 1. The fraction of sp³-hybridized carbons (Fsp3) is 0.455. The van der Waals surface area contributed by atoms with Gasteiger partial charge in [0, 0.05) is 24.5 Å². The number of thiazole rings is 1. The second-order valence-corrected chi connectivity index (χ2v) is 5.29. The summed E-state index contributed by atoms with van der Waals surface area (Å²) in [6.45, 7) is 4.43. The summed E-state index contributed by atoms with van der Waals surface area (Å²) in [5, 5.41) is 7.65. The van der Waals surface area contributed by atoms with Crippen LogP contribution < -0.4 is 0 Å². The number of hydrogen-bond acceptors (Lipinski definition) is 5. The summed E-state index contributed by atoms with van der Waals surface area (Å²) < 4.78 is 0. The fourth-order valence-corrected chi connectivity index (χ4v) is 2.35. The lowest BCUT2D eigenvalue weighted by Gasteiger charge is -2.13. The van der Waals surface area contributed by atoms with E-state index >= 15 is 0 Å². The molecule has 96 valence electrons. The van der Waals surface area contributed by atoms with Crippen LogP contribution in [-0.4, -0.2) is 38.0 Å². The Kier molecular flexibility index (Phi) is 3.71. The zero-order chi connectivity index (χ0) is 13.1. The van der Waals surface area contributed by atoms with Crippen molar-refractivity contribution in [1.29, 1.82) is 0 Å². The number of nitrogens with zero attached hydrogens (tertiary/aromatic N) is 4. The van der Waals surface area contributed by atoms with Gasteiger partial charge >= 0.3 is 0 Å². The van der Waals surface area contributed by atoms with E-state index in [2.05, 4.69) is 20.2 Å². The summed E-state index contributed by atoms with van der Waals surface area (Å²) >= 11 is 1.58. The van der Waals surface area contributed by atoms with Gasteiger partial charge in [0.1, 0.15) is 5.82 Å². The first kappa shape index (κ1) is 12.7. The molecule has 0 aliphatic carbocycles. The van der Waals surface area contributed by atoms with Gasteiger partial charge in [0.15, 0.2) is 0 Å². The van der Waals surface area contributed by atoms with E-state index in [9.17, 15) is 4.79 Å². The first-order valence-corrected chi connectivity index (χ1v) is 6.50. The molecule has 1 amide bonds. The van der Waals surface area contributed by atoms with Crippen LogP contribution in [0.3, 0.4) is 0 Å². The lowest BCUT2D eigenvalue weighted by molar-refractivity contribution is 0.0774. The third kappa shape index (κ3) is 2.73. The Morgan fingerprint density at radius 3 is 2.89 bits per heavy atom. The Hall–Kier alpha value is -1.76. The molecule has 0 atom stereocenters. The smallest absolute Gasteiger partial charge is 0.293 e. The molecule has 2 aromatic rings. The van der Waals surface area contributed by atoms with Gasteiger partial charge in [-0.2, -0.15) is 0 Å². The van der Waals surface area contributed by atoms with Crippen LogP contribution in [-0.2, 0) is 13.0 Å². The third-order valence-corrected chi connectivity index (χ3v) is 3.36. The first-order chi connectivity index (χ1) is 8.60. The van der Waals surface area contributed by atoms with E-state index in [0.717, 1.165) is 22.1 Å². The van der Waals surface area contributed by atoms with Gasteiger partial charge in [-0.15, -0.1) is 16.4 Å². The number of hydrogen-bond donors (Lipinski definition) is 1. The van der Waals surface area contributed by atoms with E-state index in [-0.39, 0.29) is 11.7 Å². The molecule has 0 spiro atoms.